The second-order valence-corrected chi connectivity index (χ2v) is 5.49. The minimum Gasteiger partial charge on any atom is -0.454 e. The average Bonchev–Trinajstić information content (AvgIpc) is 2.87. The number of hydrogen-bond acceptors (Lipinski definition) is 3. The second kappa shape index (κ2) is 4.64. The van der Waals surface area contributed by atoms with Gasteiger partial charge in [-0.15, -0.1) is 0 Å². The molecule has 3 N–H and O–H groups in total. The Morgan fingerprint density at radius 2 is 1.86 bits per heavy atom. The first-order valence-corrected chi connectivity index (χ1v) is 7.12. The molecule has 4 aromatic rings. The van der Waals surface area contributed by atoms with E-state index in [0.717, 1.165) is 10.9 Å². The van der Waals surface area contributed by atoms with Crippen molar-refractivity contribution in [1.82, 2.24) is 4.98 Å². The fourth-order valence-electron chi connectivity index (χ4n) is 2.68. The Bertz CT molecular complexity index is 1060. The van der Waals surface area contributed by atoms with Gasteiger partial charge < -0.3 is 15.1 Å². The number of aromatic nitrogens is 1. The molecule has 0 spiro atoms. The van der Waals surface area contributed by atoms with Gasteiger partial charge in [0, 0.05) is 10.4 Å². The summed E-state index contributed by atoms with van der Waals surface area (Å²) >= 11 is 6.05. The van der Waals surface area contributed by atoms with Crippen molar-refractivity contribution in [2.24, 2.45) is 0 Å². The van der Waals surface area contributed by atoms with Crippen LogP contribution in [0, 0.1) is 0 Å². The van der Waals surface area contributed by atoms with E-state index in [2.05, 4.69) is 4.98 Å². The lowest BCUT2D eigenvalue weighted by Crippen LogP contribution is -2.12. The van der Waals surface area contributed by atoms with E-state index in [9.17, 15) is 4.79 Å². The second-order valence-electron chi connectivity index (χ2n) is 5.06. The van der Waals surface area contributed by atoms with Gasteiger partial charge in [-0.3, -0.25) is 4.79 Å². The highest BCUT2D eigenvalue weighted by Gasteiger charge is 2.18. The van der Waals surface area contributed by atoms with Crippen LogP contribution in [0.4, 0.5) is 5.69 Å². The van der Waals surface area contributed by atoms with Gasteiger partial charge in [0.1, 0.15) is 11.3 Å². The van der Waals surface area contributed by atoms with E-state index in [-0.39, 0.29) is 11.2 Å². The Kier molecular flexibility index (Phi) is 2.74. The highest BCUT2D eigenvalue weighted by molar-refractivity contribution is 6.31. The van der Waals surface area contributed by atoms with Gasteiger partial charge in [0.05, 0.1) is 11.1 Å². The van der Waals surface area contributed by atoms with Crippen LogP contribution in [-0.4, -0.2) is 4.98 Å². The summed E-state index contributed by atoms with van der Waals surface area (Å²) in [5.74, 6) is 0. The van der Waals surface area contributed by atoms with Crippen LogP contribution in [0.1, 0.15) is 0 Å². The third-order valence-electron chi connectivity index (χ3n) is 3.69. The molecule has 2 aromatic heterocycles. The van der Waals surface area contributed by atoms with Gasteiger partial charge in [0.15, 0.2) is 5.58 Å². The van der Waals surface area contributed by atoms with E-state index in [1.165, 1.54) is 0 Å². The lowest BCUT2D eigenvalue weighted by Gasteiger charge is -2.05. The van der Waals surface area contributed by atoms with Crippen molar-refractivity contribution >= 4 is 39.4 Å². The van der Waals surface area contributed by atoms with Crippen molar-refractivity contribution in [1.29, 1.82) is 0 Å². The number of halogens is 1. The zero-order chi connectivity index (χ0) is 15.3. The lowest BCUT2D eigenvalue weighted by molar-refractivity contribution is 0.669. The van der Waals surface area contributed by atoms with Crippen molar-refractivity contribution < 1.29 is 4.42 Å². The summed E-state index contributed by atoms with van der Waals surface area (Å²) in [7, 11) is 0. The molecule has 4 nitrogen and oxygen atoms in total. The Morgan fingerprint density at radius 3 is 2.64 bits per heavy atom. The molecule has 0 atom stereocenters. The normalized spacial score (nSPS) is 11.3. The third-order valence-corrected chi connectivity index (χ3v) is 3.93. The quantitative estimate of drug-likeness (QED) is 0.554. The molecule has 0 unspecified atom stereocenters. The van der Waals surface area contributed by atoms with E-state index in [4.69, 9.17) is 21.8 Å². The molecule has 2 heterocycles. The summed E-state index contributed by atoms with van der Waals surface area (Å²) in [6, 6.07) is 14.8. The molecule has 0 saturated heterocycles. The maximum absolute atomic E-state index is 12.2. The first-order chi connectivity index (χ1) is 10.6. The van der Waals surface area contributed by atoms with Crippen LogP contribution in [-0.2, 0) is 0 Å². The summed E-state index contributed by atoms with van der Waals surface area (Å²) < 4.78 is 5.92. The molecule has 0 bridgehead atoms. The molecule has 0 aliphatic heterocycles. The minimum absolute atomic E-state index is 0.142. The first kappa shape index (κ1) is 13.0. The van der Waals surface area contributed by atoms with Crippen LogP contribution < -0.4 is 11.3 Å². The van der Waals surface area contributed by atoms with E-state index in [1.54, 1.807) is 18.2 Å². The van der Waals surface area contributed by atoms with Crippen LogP contribution >= 0.6 is 11.6 Å². The maximum atomic E-state index is 12.2. The van der Waals surface area contributed by atoms with Gasteiger partial charge in [0.2, 0.25) is 0 Å². The minimum atomic E-state index is -0.339. The molecule has 108 valence electrons. The largest absolute Gasteiger partial charge is 0.454 e. The number of nitrogens with one attached hydrogen (secondary N) is 1. The number of hydrogen-bond donors (Lipinski definition) is 2. The summed E-state index contributed by atoms with van der Waals surface area (Å²) in [6.07, 6.45) is 0. The fraction of sp³-hybridized carbons (Fsp3) is 0. The number of benzene rings is 2. The summed E-state index contributed by atoms with van der Waals surface area (Å²) in [6.45, 7) is 0. The Balaban J connectivity index is 2.22. The predicted octanol–water partition coefficient (Wildman–Crippen LogP) is 4.18. The summed E-state index contributed by atoms with van der Waals surface area (Å²) in [5.41, 5.74) is 9.06. The van der Waals surface area contributed by atoms with Gasteiger partial charge >= 0.3 is 0 Å². The van der Waals surface area contributed by atoms with Gasteiger partial charge in [-0.1, -0.05) is 41.9 Å². The first-order valence-electron chi connectivity index (χ1n) is 6.74. The smallest absolute Gasteiger partial charge is 0.272 e. The molecule has 0 amide bonds. The van der Waals surface area contributed by atoms with E-state index >= 15 is 0 Å². The summed E-state index contributed by atoms with van der Waals surface area (Å²) in [5, 5.41) is 1.34. The molecule has 0 aliphatic rings. The molecule has 2 aromatic carbocycles. The van der Waals surface area contributed by atoms with Gasteiger partial charge in [0.25, 0.3) is 5.56 Å². The molecular formula is C17H11ClN2O2. The Morgan fingerprint density at radius 1 is 1.09 bits per heavy atom. The van der Waals surface area contributed by atoms with Crippen molar-refractivity contribution in [3.8, 4) is 11.1 Å². The molecule has 0 saturated carbocycles. The average molecular weight is 311 g/mol. The number of aromatic amines is 1. The molecule has 0 aliphatic carbocycles. The van der Waals surface area contributed by atoms with Gasteiger partial charge in [-0.05, 0) is 23.8 Å². The standard InChI is InChI=1S/C17H11ClN2O2/c18-10-6-7-12-11(8-10)15-16(22-12)13(14(19)17(21)20-15)9-4-2-1-3-5-9/h1-8H,19H2,(H,20,21). The topological polar surface area (TPSA) is 72.0 Å². The Hall–Kier alpha value is -2.72. The molecule has 22 heavy (non-hydrogen) atoms. The number of anilines is 1. The van der Waals surface area contributed by atoms with Gasteiger partial charge in [-0.2, -0.15) is 0 Å². The molecule has 0 radical (unpaired) electrons. The monoisotopic (exact) mass is 310 g/mol. The van der Waals surface area contributed by atoms with Crippen LogP contribution in [0.25, 0.3) is 33.2 Å². The number of H-pyrrole nitrogens is 1. The van der Waals surface area contributed by atoms with Crippen molar-refractivity contribution in [2.45, 2.75) is 0 Å². The number of rotatable bonds is 1. The highest BCUT2D eigenvalue weighted by Crippen LogP contribution is 2.37. The zero-order valence-electron chi connectivity index (χ0n) is 11.4. The number of nitrogen functional groups attached to an aromatic ring is 1. The Labute approximate surface area is 130 Å². The lowest BCUT2D eigenvalue weighted by atomic mass is 10.0. The van der Waals surface area contributed by atoms with Crippen LogP contribution in [0.3, 0.4) is 0 Å². The number of nitrogens with two attached hydrogens (primary N) is 1. The van der Waals surface area contributed by atoms with Gasteiger partial charge in [-0.25, -0.2) is 0 Å². The molecule has 0 fully saturated rings. The third kappa shape index (κ3) is 1.81. The number of fused-ring (bicyclic) bond motifs is 3. The predicted molar refractivity (Wildman–Crippen MR) is 89.2 cm³/mol. The maximum Gasteiger partial charge on any atom is 0.272 e. The van der Waals surface area contributed by atoms with Crippen molar-refractivity contribution in [2.75, 3.05) is 5.73 Å². The zero-order valence-corrected chi connectivity index (χ0v) is 12.1. The molecule has 4 rings (SSSR count). The van der Waals surface area contributed by atoms with Crippen molar-refractivity contribution in [3.63, 3.8) is 0 Å². The van der Waals surface area contributed by atoms with E-state index < -0.39 is 0 Å². The molecule has 5 heteroatoms. The highest BCUT2D eigenvalue weighted by atomic mass is 35.5. The number of pyridine rings is 1. The van der Waals surface area contributed by atoms with E-state index in [1.807, 2.05) is 30.3 Å². The van der Waals surface area contributed by atoms with E-state index in [0.29, 0.717) is 27.3 Å². The van der Waals surface area contributed by atoms with Crippen LogP contribution in [0.5, 0.6) is 0 Å². The van der Waals surface area contributed by atoms with Crippen LogP contribution in [0.15, 0.2) is 57.7 Å². The van der Waals surface area contributed by atoms with Crippen molar-refractivity contribution in [3.05, 3.63) is 63.9 Å². The number of furan rings is 1. The summed E-state index contributed by atoms with van der Waals surface area (Å²) in [4.78, 5) is 15.0. The van der Waals surface area contributed by atoms with Crippen LogP contribution in [0.2, 0.25) is 5.02 Å². The molecular weight excluding hydrogens is 300 g/mol. The SMILES string of the molecule is Nc1c(-c2ccccc2)c2oc3ccc(Cl)cc3c2[nH]c1=O. The fourth-order valence-corrected chi connectivity index (χ4v) is 2.85.